The normalized spacial score (nSPS) is 12.4. The van der Waals surface area contributed by atoms with Crippen LogP contribution in [0.2, 0.25) is 0 Å². The number of hydrazine groups is 1. The first kappa shape index (κ1) is 15.9. The molecule has 0 aliphatic carbocycles. The third kappa shape index (κ3) is 4.52. The largest absolute Gasteiger partial charge is 0.271 e. The number of thioether (sulfide) groups is 1. The Labute approximate surface area is 127 Å². The molecular formula is C16H18F2N2S. The molecule has 0 aliphatic heterocycles. The van der Waals surface area contributed by atoms with E-state index in [1.807, 2.05) is 31.2 Å². The molecule has 3 N–H and O–H groups in total. The molecule has 0 saturated carbocycles. The number of hydrogen-bond acceptors (Lipinski definition) is 3. The molecule has 0 radical (unpaired) electrons. The van der Waals surface area contributed by atoms with Gasteiger partial charge in [0.1, 0.15) is 11.6 Å². The van der Waals surface area contributed by atoms with Crippen LogP contribution in [0.15, 0.2) is 47.4 Å². The first-order valence-electron chi connectivity index (χ1n) is 6.68. The lowest BCUT2D eigenvalue weighted by molar-refractivity contribution is 0.536. The standard InChI is InChI=1S/C16H18F2N2S/c1-11-4-2-3-5-16(11)21-10-14(20-19)8-12-6-7-13(17)9-15(12)18/h2-7,9,14,20H,8,10,19H2,1H3. The molecule has 21 heavy (non-hydrogen) atoms. The van der Waals surface area contributed by atoms with Crippen LogP contribution in [0, 0.1) is 18.6 Å². The number of nitrogens with two attached hydrogens (primary N) is 1. The minimum atomic E-state index is -0.567. The molecule has 0 bridgehead atoms. The van der Waals surface area contributed by atoms with Crippen LogP contribution in [-0.4, -0.2) is 11.8 Å². The summed E-state index contributed by atoms with van der Waals surface area (Å²) in [6.45, 7) is 2.05. The fourth-order valence-electron chi connectivity index (χ4n) is 2.03. The number of hydrogen-bond donors (Lipinski definition) is 2. The maximum Gasteiger partial charge on any atom is 0.129 e. The molecule has 2 rings (SSSR count). The smallest absolute Gasteiger partial charge is 0.129 e. The lowest BCUT2D eigenvalue weighted by Gasteiger charge is -2.16. The summed E-state index contributed by atoms with van der Waals surface area (Å²) in [6, 6.07) is 11.6. The van der Waals surface area contributed by atoms with Crippen molar-refractivity contribution < 1.29 is 8.78 Å². The zero-order valence-electron chi connectivity index (χ0n) is 11.8. The molecule has 0 fully saturated rings. The number of aryl methyl sites for hydroxylation is 1. The predicted molar refractivity (Wildman–Crippen MR) is 83.1 cm³/mol. The van der Waals surface area contributed by atoms with Crippen molar-refractivity contribution >= 4 is 11.8 Å². The summed E-state index contributed by atoms with van der Waals surface area (Å²) < 4.78 is 26.6. The lowest BCUT2D eigenvalue weighted by Crippen LogP contribution is -2.38. The summed E-state index contributed by atoms with van der Waals surface area (Å²) >= 11 is 1.67. The van der Waals surface area contributed by atoms with E-state index in [2.05, 4.69) is 5.43 Å². The van der Waals surface area contributed by atoms with Crippen LogP contribution in [-0.2, 0) is 6.42 Å². The molecule has 0 spiro atoms. The van der Waals surface area contributed by atoms with Crippen LogP contribution in [0.25, 0.3) is 0 Å². The van der Waals surface area contributed by atoms with Crippen molar-refractivity contribution in [3.63, 3.8) is 0 Å². The second-order valence-electron chi connectivity index (χ2n) is 4.88. The number of benzene rings is 2. The quantitative estimate of drug-likeness (QED) is 0.488. The molecule has 112 valence electrons. The minimum Gasteiger partial charge on any atom is -0.271 e. The van der Waals surface area contributed by atoms with Gasteiger partial charge in [-0.2, -0.15) is 0 Å². The third-order valence-electron chi connectivity index (χ3n) is 3.25. The van der Waals surface area contributed by atoms with Crippen LogP contribution < -0.4 is 11.3 Å². The van der Waals surface area contributed by atoms with Gasteiger partial charge in [0.25, 0.3) is 0 Å². The van der Waals surface area contributed by atoms with Crippen LogP contribution in [0.1, 0.15) is 11.1 Å². The van der Waals surface area contributed by atoms with Gasteiger partial charge in [0.15, 0.2) is 0 Å². The number of rotatable bonds is 6. The highest BCUT2D eigenvalue weighted by molar-refractivity contribution is 7.99. The van der Waals surface area contributed by atoms with Crippen molar-refractivity contribution in [3.05, 3.63) is 65.2 Å². The van der Waals surface area contributed by atoms with Gasteiger partial charge < -0.3 is 0 Å². The van der Waals surface area contributed by atoms with Gasteiger partial charge in [-0.25, -0.2) is 8.78 Å². The molecule has 1 atom stereocenters. The van der Waals surface area contributed by atoms with Crippen LogP contribution in [0.4, 0.5) is 8.78 Å². The average Bonchev–Trinajstić information content (AvgIpc) is 2.47. The van der Waals surface area contributed by atoms with Crippen LogP contribution in [0.3, 0.4) is 0 Å². The van der Waals surface area contributed by atoms with Gasteiger partial charge >= 0.3 is 0 Å². The van der Waals surface area contributed by atoms with Crippen molar-refractivity contribution in [2.24, 2.45) is 5.84 Å². The molecule has 5 heteroatoms. The maximum atomic E-state index is 13.7. The zero-order chi connectivity index (χ0) is 15.2. The fraction of sp³-hybridized carbons (Fsp3) is 0.250. The van der Waals surface area contributed by atoms with E-state index in [1.165, 1.54) is 22.6 Å². The average molecular weight is 308 g/mol. The summed E-state index contributed by atoms with van der Waals surface area (Å²) in [5.74, 6) is 5.15. The maximum absolute atomic E-state index is 13.7. The fourth-order valence-corrected chi connectivity index (χ4v) is 3.09. The molecular weight excluding hydrogens is 290 g/mol. The highest BCUT2D eigenvalue weighted by atomic mass is 32.2. The van der Waals surface area contributed by atoms with Crippen molar-refractivity contribution in [2.75, 3.05) is 5.75 Å². The Morgan fingerprint density at radius 1 is 1.19 bits per heavy atom. The van der Waals surface area contributed by atoms with E-state index in [0.29, 0.717) is 17.7 Å². The Balaban J connectivity index is 1.99. The molecule has 2 nitrogen and oxygen atoms in total. The van der Waals surface area contributed by atoms with Gasteiger partial charge in [0, 0.05) is 22.8 Å². The summed E-state index contributed by atoms with van der Waals surface area (Å²) in [6.07, 6.45) is 0.418. The predicted octanol–water partition coefficient (Wildman–Crippen LogP) is 3.44. The monoisotopic (exact) mass is 308 g/mol. The summed E-state index contributed by atoms with van der Waals surface area (Å²) in [5, 5.41) is 0. The Morgan fingerprint density at radius 3 is 2.62 bits per heavy atom. The van der Waals surface area contributed by atoms with Gasteiger partial charge in [-0.1, -0.05) is 24.3 Å². The second-order valence-corrected chi connectivity index (χ2v) is 5.94. The number of nitrogens with one attached hydrogen (secondary N) is 1. The molecule has 0 saturated heterocycles. The molecule has 2 aromatic rings. The van der Waals surface area contributed by atoms with E-state index in [1.54, 1.807) is 11.8 Å². The molecule has 1 unspecified atom stereocenters. The van der Waals surface area contributed by atoms with Crippen molar-refractivity contribution in [3.8, 4) is 0 Å². The molecule has 0 amide bonds. The first-order valence-corrected chi connectivity index (χ1v) is 7.67. The minimum absolute atomic E-state index is 0.0884. The summed E-state index contributed by atoms with van der Waals surface area (Å²) in [7, 11) is 0. The van der Waals surface area contributed by atoms with Gasteiger partial charge in [-0.05, 0) is 36.6 Å². The van der Waals surface area contributed by atoms with E-state index in [9.17, 15) is 8.78 Å². The lowest BCUT2D eigenvalue weighted by atomic mass is 10.1. The van der Waals surface area contributed by atoms with Gasteiger partial charge in [-0.3, -0.25) is 11.3 Å². The van der Waals surface area contributed by atoms with Crippen molar-refractivity contribution in [2.45, 2.75) is 24.3 Å². The Bertz CT molecular complexity index is 605. The van der Waals surface area contributed by atoms with Crippen molar-refractivity contribution in [1.82, 2.24) is 5.43 Å². The van der Waals surface area contributed by atoms with Crippen LogP contribution in [0.5, 0.6) is 0 Å². The van der Waals surface area contributed by atoms with E-state index >= 15 is 0 Å². The molecule has 0 aliphatic rings. The van der Waals surface area contributed by atoms with Crippen molar-refractivity contribution in [1.29, 1.82) is 0 Å². The van der Waals surface area contributed by atoms with E-state index in [4.69, 9.17) is 5.84 Å². The first-order chi connectivity index (χ1) is 10.1. The summed E-state index contributed by atoms with van der Waals surface area (Å²) in [5.41, 5.74) is 4.36. The number of halogens is 2. The van der Waals surface area contributed by atoms with Gasteiger partial charge in [-0.15, -0.1) is 11.8 Å². The summed E-state index contributed by atoms with van der Waals surface area (Å²) in [4.78, 5) is 1.18. The van der Waals surface area contributed by atoms with Gasteiger partial charge in [0.05, 0.1) is 0 Å². The SMILES string of the molecule is Cc1ccccc1SCC(Cc1ccc(F)cc1F)NN. The highest BCUT2D eigenvalue weighted by Crippen LogP contribution is 2.23. The Hall–Kier alpha value is -1.43. The Morgan fingerprint density at radius 2 is 1.95 bits per heavy atom. The van der Waals surface area contributed by atoms with E-state index in [0.717, 1.165) is 6.07 Å². The second kappa shape index (κ2) is 7.54. The Kier molecular flexibility index (Phi) is 5.73. The highest BCUT2D eigenvalue weighted by Gasteiger charge is 2.12. The van der Waals surface area contributed by atoms with E-state index < -0.39 is 11.6 Å². The zero-order valence-corrected chi connectivity index (χ0v) is 12.6. The third-order valence-corrected chi connectivity index (χ3v) is 4.59. The van der Waals surface area contributed by atoms with Gasteiger partial charge in [0.2, 0.25) is 0 Å². The topological polar surface area (TPSA) is 38.0 Å². The molecule has 0 aromatic heterocycles. The molecule has 2 aromatic carbocycles. The van der Waals surface area contributed by atoms with E-state index in [-0.39, 0.29) is 6.04 Å². The van der Waals surface area contributed by atoms with Crippen LogP contribution >= 0.6 is 11.8 Å². The molecule has 0 heterocycles.